The van der Waals surface area contributed by atoms with Crippen molar-refractivity contribution in [2.45, 2.75) is 44.1 Å². The van der Waals surface area contributed by atoms with Crippen LogP contribution < -0.4 is 0 Å². The van der Waals surface area contributed by atoms with Crippen LogP contribution in [0.1, 0.15) is 55.3 Å². The Morgan fingerprint density at radius 3 is 2.31 bits per heavy atom. The van der Waals surface area contributed by atoms with Gasteiger partial charge in [0, 0.05) is 5.33 Å². The fourth-order valence-electron chi connectivity index (χ4n) is 2.52. The molecule has 1 aliphatic carbocycles. The average Bonchev–Trinajstić information content (AvgIpc) is 2.39. The highest BCUT2D eigenvalue weighted by molar-refractivity contribution is 9.09. The van der Waals surface area contributed by atoms with Crippen LogP contribution in [0.2, 0.25) is 0 Å². The first kappa shape index (κ1) is 12.1. The van der Waals surface area contributed by atoms with Gasteiger partial charge in [-0.2, -0.15) is 0 Å². The maximum Gasteiger partial charge on any atom is 0.0886 e. The van der Waals surface area contributed by atoms with Crippen LogP contribution in [0.3, 0.4) is 0 Å². The molecule has 1 atom stereocenters. The number of alkyl halides is 1. The predicted octanol–water partition coefficient (Wildman–Crippen LogP) is 4.16. The number of rotatable bonds is 3. The number of halogens is 1. The summed E-state index contributed by atoms with van der Waals surface area (Å²) in [5, 5.41) is 10.3. The van der Waals surface area contributed by atoms with Crippen molar-refractivity contribution in [3.05, 3.63) is 35.4 Å². The zero-order valence-corrected chi connectivity index (χ0v) is 11.1. The molecule has 1 N–H and O–H groups in total. The monoisotopic (exact) mass is 282 g/mol. The molecule has 1 unspecified atom stereocenters. The van der Waals surface area contributed by atoms with E-state index in [1.807, 2.05) is 0 Å². The molecule has 1 saturated carbocycles. The van der Waals surface area contributed by atoms with E-state index >= 15 is 0 Å². The Labute approximate surface area is 106 Å². The van der Waals surface area contributed by atoms with Crippen molar-refractivity contribution in [3.63, 3.8) is 0 Å². The van der Waals surface area contributed by atoms with Crippen LogP contribution in [0.15, 0.2) is 24.3 Å². The Morgan fingerprint density at radius 1 is 1.12 bits per heavy atom. The van der Waals surface area contributed by atoms with Crippen molar-refractivity contribution in [2.24, 2.45) is 0 Å². The van der Waals surface area contributed by atoms with Gasteiger partial charge in [-0.05, 0) is 29.9 Å². The second-order valence-electron chi connectivity index (χ2n) is 4.67. The van der Waals surface area contributed by atoms with Crippen molar-refractivity contribution < 1.29 is 5.11 Å². The van der Waals surface area contributed by atoms with Gasteiger partial charge in [0.25, 0.3) is 0 Å². The summed E-state index contributed by atoms with van der Waals surface area (Å²) in [7, 11) is 0. The molecule has 0 amide bonds. The lowest BCUT2D eigenvalue weighted by Gasteiger charge is -2.22. The summed E-state index contributed by atoms with van der Waals surface area (Å²) in [6, 6.07) is 8.51. The third kappa shape index (κ3) is 2.86. The minimum atomic E-state index is -0.375. The number of hydrogen-bond acceptors (Lipinski definition) is 1. The summed E-state index contributed by atoms with van der Waals surface area (Å²) >= 11 is 3.30. The van der Waals surface area contributed by atoms with E-state index in [9.17, 15) is 5.11 Å². The molecule has 88 valence electrons. The molecule has 0 saturated heterocycles. The van der Waals surface area contributed by atoms with Crippen molar-refractivity contribution in [1.29, 1.82) is 0 Å². The lowest BCUT2D eigenvalue weighted by molar-refractivity contribution is 0.205. The topological polar surface area (TPSA) is 20.2 Å². The van der Waals surface area contributed by atoms with Crippen molar-refractivity contribution in [2.75, 3.05) is 5.33 Å². The molecular weight excluding hydrogens is 264 g/mol. The maximum absolute atomic E-state index is 9.68. The molecule has 1 aliphatic rings. The highest BCUT2D eigenvalue weighted by Gasteiger charge is 2.15. The lowest BCUT2D eigenvalue weighted by atomic mass is 9.84. The van der Waals surface area contributed by atoms with E-state index in [0.29, 0.717) is 5.33 Å². The van der Waals surface area contributed by atoms with Crippen LogP contribution in [0.5, 0.6) is 0 Å². The minimum absolute atomic E-state index is 0.375. The maximum atomic E-state index is 9.68. The summed E-state index contributed by atoms with van der Waals surface area (Å²) in [5.74, 6) is 0.754. The highest BCUT2D eigenvalue weighted by atomic mass is 79.9. The number of hydrogen-bond donors (Lipinski definition) is 1. The lowest BCUT2D eigenvalue weighted by Crippen LogP contribution is -2.05. The highest BCUT2D eigenvalue weighted by Crippen LogP contribution is 2.33. The van der Waals surface area contributed by atoms with Gasteiger partial charge in [0.05, 0.1) is 6.10 Å². The summed E-state index contributed by atoms with van der Waals surface area (Å²) < 4.78 is 0. The van der Waals surface area contributed by atoms with Crippen LogP contribution in [0.25, 0.3) is 0 Å². The van der Waals surface area contributed by atoms with E-state index in [0.717, 1.165) is 11.5 Å². The number of benzene rings is 1. The van der Waals surface area contributed by atoms with Crippen LogP contribution in [-0.2, 0) is 0 Å². The van der Waals surface area contributed by atoms with E-state index in [-0.39, 0.29) is 6.10 Å². The van der Waals surface area contributed by atoms with Crippen LogP contribution in [0, 0.1) is 0 Å². The van der Waals surface area contributed by atoms with Crippen molar-refractivity contribution in [1.82, 2.24) is 0 Å². The molecule has 1 fully saturated rings. The molecule has 0 aliphatic heterocycles. The summed E-state index contributed by atoms with van der Waals surface area (Å²) in [5.41, 5.74) is 2.46. The number of aliphatic hydroxyl groups is 1. The summed E-state index contributed by atoms with van der Waals surface area (Å²) in [6.45, 7) is 0. The molecule has 1 aromatic carbocycles. The molecule has 0 aromatic heterocycles. The van der Waals surface area contributed by atoms with Crippen LogP contribution in [0.4, 0.5) is 0 Å². The molecule has 2 rings (SSSR count). The largest absolute Gasteiger partial charge is 0.388 e. The van der Waals surface area contributed by atoms with E-state index in [2.05, 4.69) is 40.2 Å². The average molecular weight is 283 g/mol. The standard InChI is InChI=1S/C14H19BrO/c15-10-14(16)13-8-6-12(7-9-13)11-4-2-1-3-5-11/h6-9,11,14,16H,1-5,10H2. The van der Waals surface area contributed by atoms with Gasteiger partial charge in [0.2, 0.25) is 0 Å². The summed E-state index contributed by atoms with van der Waals surface area (Å²) in [6.07, 6.45) is 6.44. The Morgan fingerprint density at radius 2 is 1.75 bits per heavy atom. The SMILES string of the molecule is OC(CBr)c1ccc(C2CCCCC2)cc1. The van der Waals surface area contributed by atoms with Gasteiger partial charge < -0.3 is 5.11 Å². The quantitative estimate of drug-likeness (QED) is 0.826. The van der Waals surface area contributed by atoms with Crippen molar-refractivity contribution >= 4 is 15.9 Å². The zero-order valence-electron chi connectivity index (χ0n) is 9.53. The van der Waals surface area contributed by atoms with Gasteiger partial charge in [-0.15, -0.1) is 0 Å². The van der Waals surface area contributed by atoms with Gasteiger partial charge in [-0.25, -0.2) is 0 Å². The Hall–Kier alpha value is -0.340. The number of aliphatic hydroxyl groups excluding tert-OH is 1. The molecule has 2 heteroatoms. The van der Waals surface area contributed by atoms with Gasteiger partial charge in [0.1, 0.15) is 0 Å². The zero-order chi connectivity index (χ0) is 11.4. The van der Waals surface area contributed by atoms with Gasteiger partial charge in [0.15, 0.2) is 0 Å². The van der Waals surface area contributed by atoms with Gasteiger partial charge in [-0.3, -0.25) is 0 Å². The minimum Gasteiger partial charge on any atom is -0.388 e. The van der Waals surface area contributed by atoms with Crippen molar-refractivity contribution in [3.8, 4) is 0 Å². The second kappa shape index (κ2) is 5.83. The molecule has 0 heterocycles. The Balaban J connectivity index is 2.06. The Kier molecular flexibility index (Phi) is 4.42. The third-order valence-electron chi connectivity index (χ3n) is 3.54. The first-order valence-electron chi connectivity index (χ1n) is 6.15. The molecule has 16 heavy (non-hydrogen) atoms. The molecular formula is C14H19BrO. The third-order valence-corrected chi connectivity index (χ3v) is 4.16. The molecule has 0 radical (unpaired) electrons. The first-order valence-corrected chi connectivity index (χ1v) is 7.27. The van der Waals surface area contributed by atoms with E-state index < -0.39 is 0 Å². The van der Waals surface area contributed by atoms with E-state index in [4.69, 9.17) is 0 Å². The van der Waals surface area contributed by atoms with Gasteiger partial charge in [-0.1, -0.05) is 59.5 Å². The smallest absolute Gasteiger partial charge is 0.0886 e. The fraction of sp³-hybridized carbons (Fsp3) is 0.571. The second-order valence-corrected chi connectivity index (χ2v) is 5.32. The molecule has 1 aromatic rings. The van der Waals surface area contributed by atoms with Gasteiger partial charge >= 0.3 is 0 Å². The molecule has 0 spiro atoms. The normalized spacial score (nSPS) is 19.6. The summed E-state index contributed by atoms with van der Waals surface area (Å²) in [4.78, 5) is 0. The van der Waals surface area contributed by atoms with E-state index in [1.165, 1.54) is 37.7 Å². The first-order chi connectivity index (χ1) is 7.81. The molecule has 1 nitrogen and oxygen atoms in total. The van der Waals surface area contributed by atoms with Crippen LogP contribution in [-0.4, -0.2) is 10.4 Å². The van der Waals surface area contributed by atoms with Crippen LogP contribution >= 0.6 is 15.9 Å². The fourth-order valence-corrected chi connectivity index (χ4v) is 2.89. The van der Waals surface area contributed by atoms with E-state index in [1.54, 1.807) is 0 Å². The Bertz CT molecular complexity index is 314. The predicted molar refractivity (Wildman–Crippen MR) is 71.0 cm³/mol. The molecule has 0 bridgehead atoms.